The molecule has 0 spiro atoms. The molecule has 1 aromatic rings. The zero-order valence-corrected chi connectivity index (χ0v) is 13.3. The fraction of sp³-hybridized carbons (Fsp3) is 0.692. The van der Waals surface area contributed by atoms with Crippen LogP contribution in [0.2, 0.25) is 0 Å². The largest absolute Gasteiger partial charge is 0.391 e. The fourth-order valence-electron chi connectivity index (χ4n) is 2.40. The van der Waals surface area contributed by atoms with Crippen molar-refractivity contribution in [2.24, 2.45) is 5.92 Å². The molecule has 0 aromatic carbocycles. The molecule has 0 saturated carbocycles. The second kappa shape index (κ2) is 7.00. The van der Waals surface area contributed by atoms with Gasteiger partial charge in [0.15, 0.2) is 0 Å². The molecule has 1 aromatic heterocycles. The van der Waals surface area contributed by atoms with Crippen molar-refractivity contribution in [3.63, 3.8) is 0 Å². The van der Waals surface area contributed by atoms with Gasteiger partial charge in [0.1, 0.15) is 0 Å². The van der Waals surface area contributed by atoms with Crippen molar-refractivity contribution in [2.75, 3.05) is 26.2 Å². The van der Waals surface area contributed by atoms with Crippen LogP contribution in [-0.4, -0.2) is 44.6 Å². The molecule has 2 heterocycles. The van der Waals surface area contributed by atoms with Gasteiger partial charge in [-0.3, -0.25) is 0 Å². The van der Waals surface area contributed by atoms with E-state index in [0.717, 1.165) is 32.5 Å². The minimum Gasteiger partial charge on any atom is -0.391 e. The zero-order valence-electron chi connectivity index (χ0n) is 11.7. The summed E-state index contributed by atoms with van der Waals surface area (Å²) in [6, 6.07) is 1.53. The van der Waals surface area contributed by atoms with Crippen molar-refractivity contribution < 1.29 is 13.5 Å². The molecule has 0 atom stereocenters. The normalized spacial score (nSPS) is 18.5. The Morgan fingerprint density at radius 2 is 2.15 bits per heavy atom. The average Bonchev–Trinajstić information content (AvgIpc) is 2.95. The van der Waals surface area contributed by atoms with Crippen LogP contribution in [0, 0.1) is 5.92 Å². The van der Waals surface area contributed by atoms with Crippen LogP contribution in [0.15, 0.2) is 16.3 Å². The van der Waals surface area contributed by atoms with Gasteiger partial charge in [-0.15, -0.1) is 11.3 Å². The molecule has 2 rings (SSSR count). The molecule has 1 aliphatic rings. The zero-order chi connectivity index (χ0) is 14.6. The highest BCUT2D eigenvalue weighted by atomic mass is 32.2. The lowest BCUT2D eigenvalue weighted by molar-refractivity contribution is 0.194. The molecule has 1 aliphatic heterocycles. The number of piperidine rings is 1. The molecule has 0 unspecified atom stereocenters. The van der Waals surface area contributed by atoms with Gasteiger partial charge in [0, 0.05) is 16.8 Å². The van der Waals surface area contributed by atoms with E-state index in [9.17, 15) is 8.42 Å². The Morgan fingerprint density at radius 1 is 1.45 bits per heavy atom. The van der Waals surface area contributed by atoms with Crippen molar-refractivity contribution in [3.05, 3.63) is 16.3 Å². The third-order valence-corrected chi connectivity index (χ3v) is 6.29. The molecule has 0 radical (unpaired) electrons. The maximum atomic E-state index is 12.1. The van der Waals surface area contributed by atoms with Crippen LogP contribution in [0.3, 0.4) is 0 Å². The Bertz CT molecular complexity index is 519. The minimum absolute atomic E-state index is 0.115. The summed E-state index contributed by atoms with van der Waals surface area (Å²) in [5, 5.41) is 10.6. The van der Waals surface area contributed by atoms with E-state index in [1.165, 1.54) is 17.4 Å². The second-order valence-electron chi connectivity index (χ2n) is 5.14. The monoisotopic (exact) mass is 318 g/mol. The summed E-state index contributed by atoms with van der Waals surface area (Å²) >= 11 is 1.27. The molecule has 0 amide bonds. The molecule has 1 fully saturated rings. The maximum absolute atomic E-state index is 12.1. The summed E-state index contributed by atoms with van der Waals surface area (Å²) in [6.45, 7) is 5.71. The Labute approximate surface area is 124 Å². The van der Waals surface area contributed by atoms with Crippen LogP contribution in [0.5, 0.6) is 0 Å². The summed E-state index contributed by atoms with van der Waals surface area (Å²) in [6.07, 6.45) is 2.09. The number of sulfonamides is 1. The third kappa shape index (κ3) is 4.02. The Balaban J connectivity index is 1.87. The van der Waals surface area contributed by atoms with E-state index in [0.29, 0.717) is 17.3 Å². The molecule has 7 heteroatoms. The summed E-state index contributed by atoms with van der Waals surface area (Å²) < 4.78 is 27.0. The SMILES string of the molecule is CCN1CCC(CNS(=O)(=O)c2csc(CO)c2)CC1. The highest BCUT2D eigenvalue weighted by molar-refractivity contribution is 7.89. The number of rotatable bonds is 6. The average molecular weight is 318 g/mol. The molecule has 5 nitrogen and oxygen atoms in total. The number of nitrogens with one attached hydrogen (secondary N) is 1. The van der Waals surface area contributed by atoms with Crippen molar-refractivity contribution in [3.8, 4) is 0 Å². The van der Waals surface area contributed by atoms with E-state index in [2.05, 4.69) is 16.5 Å². The Kier molecular flexibility index (Phi) is 5.57. The Morgan fingerprint density at radius 3 is 2.70 bits per heavy atom. The first-order chi connectivity index (χ1) is 9.55. The topological polar surface area (TPSA) is 69.6 Å². The van der Waals surface area contributed by atoms with E-state index < -0.39 is 10.0 Å². The molecular weight excluding hydrogens is 296 g/mol. The summed E-state index contributed by atoms with van der Waals surface area (Å²) in [5.41, 5.74) is 0. The van der Waals surface area contributed by atoms with Gasteiger partial charge in [0.25, 0.3) is 0 Å². The van der Waals surface area contributed by atoms with Crippen molar-refractivity contribution in [2.45, 2.75) is 31.3 Å². The van der Waals surface area contributed by atoms with Crippen molar-refractivity contribution >= 4 is 21.4 Å². The highest BCUT2D eigenvalue weighted by Crippen LogP contribution is 2.20. The first-order valence-corrected chi connectivity index (χ1v) is 9.31. The van der Waals surface area contributed by atoms with Crippen LogP contribution < -0.4 is 4.72 Å². The lowest BCUT2D eigenvalue weighted by Gasteiger charge is -2.30. The van der Waals surface area contributed by atoms with Gasteiger partial charge in [-0.1, -0.05) is 6.92 Å². The number of hydrogen-bond acceptors (Lipinski definition) is 5. The molecule has 20 heavy (non-hydrogen) atoms. The van der Waals surface area contributed by atoms with Crippen LogP contribution in [-0.2, 0) is 16.6 Å². The number of likely N-dealkylation sites (tertiary alicyclic amines) is 1. The molecular formula is C13H22N2O3S2. The van der Waals surface area contributed by atoms with Gasteiger partial charge in [0.2, 0.25) is 10.0 Å². The summed E-state index contributed by atoms with van der Waals surface area (Å²) in [7, 11) is -3.43. The third-order valence-electron chi connectivity index (χ3n) is 3.81. The van der Waals surface area contributed by atoms with E-state index in [1.54, 1.807) is 5.38 Å². The number of hydrogen-bond donors (Lipinski definition) is 2. The van der Waals surface area contributed by atoms with Gasteiger partial charge >= 0.3 is 0 Å². The lowest BCUT2D eigenvalue weighted by atomic mass is 9.97. The lowest BCUT2D eigenvalue weighted by Crippen LogP contribution is -2.38. The van der Waals surface area contributed by atoms with Crippen molar-refractivity contribution in [1.82, 2.24) is 9.62 Å². The fourth-order valence-corrected chi connectivity index (χ4v) is 4.65. The van der Waals surface area contributed by atoms with E-state index >= 15 is 0 Å². The van der Waals surface area contributed by atoms with E-state index in [-0.39, 0.29) is 11.5 Å². The van der Waals surface area contributed by atoms with Crippen LogP contribution >= 0.6 is 11.3 Å². The van der Waals surface area contributed by atoms with Gasteiger partial charge in [-0.25, -0.2) is 13.1 Å². The van der Waals surface area contributed by atoms with Gasteiger partial charge < -0.3 is 10.0 Å². The number of aliphatic hydroxyl groups is 1. The molecule has 0 aliphatic carbocycles. The number of thiophene rings is 1. The maximum Gasteiger partial charge on any atom is 0.241 e. The smallest absolute Gasteiger partial charge is 0.241 e. The standard InChI is InChI=1S/C13H22N2O3S2/c1-2-15-5-3-11(4-6-15)8-14-20(17,18)13-7-12(9-16)19-10-13/h7,10-11,14,16H,2-6,8-9H2,1H3. The second-order valence-corrected chi connectivity index (χ2v) is 7.90. The predicted molar refractivity (Wildman–Crippen MR) is 80.3 cm³/mol. The van der Waals surface area contributed by atoms with Gasteiger partial charge in [-0.2, -0.15) is 0 Å². The Hall–Kier alpha value is -0.470. The van der Waals surface area contributed by atoms with Gasteiger partial charge in [-0.05, 0) is 44.5 Å². The first-order valence-electron chi connectivity index (χ1n) is 6.95. The summed E-state index contributed by atoms with van der Waals surface area (Å²) in [4.78, 5) is 3.32. The van der Waals surface area contributed by atoms with Gasteiger partial charge in [0.05, 0.1) is 11.5 Å². The minimum atomic E-state index is -3.43. The first kappa shape index (κ1) is 15.9. The number of aliphatic hydroxyl groups excluding tert-OH is 1. The van der Waals surface area contributed by atoms with Crippen LogP contribution in [0.25, 0.3) is 0 Å². The summed E-state index contributed by atoms with van der Waals surface area (Å²) in [5.74, 6) is 0.420. The molecule has 2 N–H and O–H groups in total. The van der Waals surface area contributed by atoms with Crippen LogP contribution in [0.1, 0.15) is 24.6 Å². The molecule has 114 valence electrons. The highest BCUT2D eigenvalue weighted by Gasteiger charge is 2.21. The molecule has 1 saturated heterocycles. The van der Waals surface area contributed by atoms with Crippen LogP contribution in [0.4, 0.5) is 0 Å². The quantitative estimate of drug-likeness (QED) is 0.828. The number of nitrogens with zero attached hydrogens (tertiary/aromatic N) is 1. The van der Waals surface area contributed by atoms with E-state index in [4.69, 9.17) is 5.11 Å². The van der Waals surface area contributed by atoms with Crippen molar-refractivity contribution in [1.29, 1.82) is 0 Å². The van der Waals surface area contributed by atoms with E-state index in [1.807, 2.05) is 0 Å². The molecule has 0 bridgehead atoms. The predicted octanol–water partition coefficient (Wildman–Crippen LogP) is 1.25.